The van der Waals surface area contributed by atoms with Crippen molar-refractivity contribution in [2.75, 3.05) is 33.4 Å². The van der Waals surface area contributed by atoms with Crippen molar-refractivity contribution in [2.45, 2.75) is 45.3 Å². The number of hydrogen-bond donors (Lipinski definition) is 1. The minimum absolute atomic E-state index is 0.0318. The average Bonchev–Trinajstić information content (AvgIpc) is 2.89. The number of morpholine rings is 1. The monoisotopic (exact) mass is 280 g/mol. The maximum Gasteiger partial charge on any atom is 0.0671 e. The van der Waals surface area contributed by atoms with E-state index in [-0.39, 0.29) is 11.6 Å². The highest BCUT2D eigenvalue weighted by Crippen LogP contribution is 2.31. The van der Waals surface area contributed by atoms with Crippen LogP contribution in [0.3, 0.4) is 0 Å². The Kier molecular flexibility index (Phi) is 5.18. The second-order valence-electron chi connectivity index (χ2n) is 5.95. The lowest BCUT2D eigenvalue weighted by Crippen LogP contribution is -2.56. The third kappa shape index (κ3) is 3.05. The predicted octanol–water partition coefficient (Wildman–Crippen LogP) is 1.66. The fourth-order valence-corrected chi connectivity index (χ4v) is 3.17. The van der Waals surface area contributed by atoms with Crippen LogP contribution in [0.5, 0.6) is 0 Å². The van der Waals surface area contributed by atoms with Crippen LogP contribution in [0.25, 0.3) is 0 Å². The summed E-state index contributed by atoms with van der Waals surface area (Å²) in [5, 5.41) is 7.96. The number of aromatic nitrogens is 2. The molecule has 0 saturated carbocycles. The van der Waals surface area contributed by atoms with Crippen LogP contribution >= 0.6 is 0 Å². The number of likely N-dealkylation sites (N-methyl/N-ethyl adjacent to an activating group) is 1. The van der Waals surface area contributed by atoms with Crippen LogP contribution in [-0.4, -0.2) is 53.6 Å². The van der Waals surface area contributed by atoms with Crippen molar-refractivity contribution < 1.29 is 4.74 Å². The van der Waals surface area contributed by atoms with Crippen molar-refractivity contribution in [1.29, 1.82) is 0 Å². The van der Waals surface area contributed by atoms with Gasteiger partial charge in [0.25, 0.3) is 0 Å². The summed E-state index contributed by atoms with van der Waals surface area (Å²) in [7, 11) is 2.04. The molecule has 0 radical (unpaired) electrons. The molecule has 0 bridgehead atoms. The zero-order valence-corrected chi connectivity index (χ0v) is 13.2. The first-order valence-electron chi connectivity index (χ1n) is 7.63. The fourth-order valence-electron chi connectivity index (χ4n) is 3.17. The van der Waals surface area contributed by atoms with Gasteiger partial charge in [0.05, 0.1) is 24.9 Å². The van der Waals surface area contributed by atoms with Crippen molar-refractivity contribution in [1.82, 2.24) is 20.0 Å². The Morgan fingerprint density at radius 3 is 2.70 bits per heavy atom. The smallest absolute Gasteiger partial charge is 0.0671 e. The number of nitrogens with zero attached hydrogens (tertiary/aromatic N) is 3. The summed E-state index contributed by atoms with van der Waals surface area (Å²) in [6, 6.07) is 2.40. The molecule has 1 aliphatic heterocycles. The Bertz CT molecular complexity index is 410. The summed E-state index contributed by atoms with van der Waals surface area (Å²) in [5.41, 5.74) is 1.30. The first-order valence-corrected chi connectivity index (χ1v) is 7.63. The lowest BCUT2D eigenvalue weighted by Gasteiger charge is -2.45. The molecule has 1 fully saturated rings. The highest BCUT2D eigenvalue weighted by molar-refractivity contribution is 5.14. The topological polar surface area (TPSA) is 42.3 Å². The minimum atomic E-state index is 0.0318. The lowest BCUT2D eigenvalue weighted by molar-refractivity contribution is -0.0239. The summed E-state index contributed by atoms with van der Waals surface area (Å²) in [4.78, 5) is 2.51. The zero-order chi connectivity index (χ0) is 14.6. The second-order valence-corrected chi connectivity index (χ2v) is 5.95. The molecule has 1 aromatic rings. The standard InChI is InChI=1S/C15H28N4O/c1-5-8-19-13(6-7-17-19)14(16-4)15(2,3)18-9-11-20-12-10-18/h6-7,14,16H,5,8-12H2,1-4H3. The van der Waals surface area contributed by atoms with Crippen LogP contribution in [0, 0.1) is 0 Å². The minimum Gasteiger partial charge on any atom is -0.379 e. The van der Waals surface area contributed by atoms with E-state index in [1.165, 1.54) is 5.69 Å². The van der Waals surface area contributed by atoms with Crippen LogP contribution in [-0.2, 0) is 11.3 Å². The van der Waals surface area contributed by atoms with Crippen LogP contribution in [0.2, 0.25) is 0 Å². The van der Waals surface area contributed by atoms with E-state index in [1.54, 1.807) is 0 Å². The summed E-state index contributed by atoms with van der Waals surface area (Å²) in [6.45, 7) is 11.4. The number of ether oxygens (including phenoxy) is 1. The normalized spacial score (nSPS) is 19.2. The molecule has 1 aromatic heterocycles. The largest absolute Gasteiger partial charge is 0.379 e. The quantitative estimate of drug-likeness (QED) is 0.860. The maximum absolute atomic E-state index is 5.48. The van der Waals surface area contributed by atoms with Crippen LogP contribution in [0.4, 0.5) is 0 Å². The van der Waals surface area contributed by atoms with Gasteiger partial charge in [-0.25, -0.2) is 0 Å². The Hall–Kier alpha value is -0.910. The maximum atomic E-state index is 5.48. The highest BCUT2D eigenvalue weighted by Gasteiger charge is 2.37. The van der Waals surface area contributed by atoms with Gasteiger partial charge < -0.3 is 10.1 Å². The van der Waals surface area contributed by atoms with E-state index in [9.17, 15) is 0 Å². The van der Waals surface area contributed by atoms with Gasteiger partial charge in [0.1, 0.15) is 0 Å². The summed E-state index contributed by atoms with van der Waals surface area (Å²) < 4.78 is 7.61. The van der Waals surface area contributed by atoms with Crippen molar-refractivity contribution in [3.05, 3.63) is 18.0 Å². The van der Waals surface area contributed by atoms with Gasteiger partial charge in [-0.3, -0.25) is 9.58 Å². The van der Waals surface area contributed by atoms with E-state index >= 15 is 0 Å². The van der Waals surface area contributed by atoms with E-state index in [0.29, 0.717) is 0 Å². The Balaban J connectivity index is 2.22. The molecule has 2 rings (SSSR count). The molecule has 5 heteroatoms. The molecule has 0 aliphatic carbocycles. The number of aryl methyl sites for hydroxylation is 1. The molecule has 1 atom stereocenters. The van der Waals surface area contributed by atoms with Gasteiger partial charge in [-0.05, 0) is 33.4 Å². The van der Waals surface area contributed by atoms with Crippen molar-refractivity contribution in [2.24, 2.45) is 0 Å². The third-order valence-electron chi connectivity index (χ3n) is 4.30. The molecule has 0 spiro atoms. The van der Waals surface area contributed by atoms with Crippen molar-refractivity contribution in [3.63, 3.8) is 0 Å². The highest BCUT2D eigenvalue weighted by atomic mass is 16.5. The number of rotatable bonds is 6. The van der Waals surface area contributed by atoms with E-state index in [1.807, 2.05) is 13.2 Å². The first-order chi connectivity index (χ1) is 9.61. The van der Waals surface area contributed by atoms with Gasteiger partial charge in [-0.1, -0.05) is 6.92 Å². The van der Waals surface area contributed by atoms with E-state index in [4.69, 9.17) is 4.74 Å². The SMILES string of the molecule is CCCn1nccc1C(NC)C(C)(C)N1CCOCC1. The van der Waals surface area contributed by atoms with Gasteiger partial charge in [0.15, 0.2) is 0 Å². The molecule has 5 nitrogen and oxygen atoms in total. The van der Waals surface area contributed by atoms with Gasteiger partial charge in [-0.2, -0.15) is 5.10 Å². The molecular weight excluding hydrogens is 252 g/mol. The predicted molar refractivity (Wildman–Crippen MR) is 80.8 cm³/mol. The van der Waals surface area contributed by atoms with Gasteiger partial charge in [-0.15, -0.1) is 0 Å². The molecule has 1 unspecified atom stereocenters. The second kappa shape index (κ2) is 6.70. The van der Waals surface area contributed by atoms with E-state index in [2.05, 4.69) is 46.8 Å². The molecule has 1 aliphatic rings. The van der Waals surface area contributed by atoms with Gasteiger partial charge >= 0.3 is 0 Å². The Labute approximate surface area is 122 Å². The lowest BCUT2D eigenvalue weighted by atomic mass is 9.89. The average molecular weight is 280 g/mol. The molecule has 0 amide bonds. The number of hydrogen-bond acceptors (Lipinski definition) is 4. The molecule has 20 heavy (non-hydrogen) atoms. The fraction of sp³-hybridized carbons (Fsp3) is 0.800. The van der Waals surface area contributed by atoms with Gasteiger partial charge in [0.2, 0.25) is 0 Å². The Morgan fingerprint density at radius 2 is 2.10 bits per heavy atom. The zero-order valence-electron chi connectivity index (χ0n) is 13.2. The summed E-state index contributed by atoms with van der Waals surface area (Å²) in [5.74, 6) is 0. The molecule has 0 aromatic carbocycles. The van der Waals surface area contributed by atoms with Crippen LogP contribution in [0.1, 0.15) is 38.9 Å². The van der Waals surface area contributed by atoms with E-state index < -0.39 is 0 Å². The van der Waals surface area contributed by atoms with Gasteiger partial charge in [0, 0.05) is 31.4 Å². The molecule has 2 heterocycles. The molecule has 114 valence electrons. The molecule has 1 N–H and O–H groups in total. The third-order valence-corrected chi connectivity index (χ3v) is 4.30. The van der Waals surface area contributed by atoms with Crippen molar-refractivity contribution >= 4 is 0 Å². The molecular formula is C15H28N4O. The van der Waals surface area contributed by atoms with Crippen LogP contribution < -0.4 is 5.32 Å². The summed E-state index contributed by atoms with van der Waals surface area (Å²) in [6.07, 6.45) is 3.01. The van der Waals surface area contributed by atoms with E-state index in [0.717, 1.165) is 39.3 Å². The first kappa shape index (κ1) is 15.5. The summed E-state index contributed by atoms with van der Waals surface area (Å²) >= 11 is 0. The van der Waals surface area contributed by atoms with Crippen LogP contribution in [0.15, 0.2) is 12.3 Å². The number of nitrogens with one attached hydrogen (secondary N) is 1. The van der Waals surface area contributed by atoms with Crippen molar-refractivity contribution in [3.8, 4) is 0 Å². The Morgan fingerprint density at radius 1 is 1.40 bits per heavy atom. The molecule has 1 saturated heterocycles.